The first-order chi connectivity index (χ1) is 18.2. The number of thiophene rings is 1. The molecular formula is C28H28ClN3O5S. The molecule has 0 bridgehead atoms. The van der Waals surface area contributed by atoms with Crippen LogP contribution in [-0.4, -0.2) is 64.5 Å². The lowest BCUT2D eigenvalue weighted by Gasteiger charge is -2.29. The zero-order chi connectivity index (χ0) is 27.0. The Kier molecular flexibility index (Phi) is 7.40. The molecule has 0 saturated carbocycles. The number of halogens is 1. The van der Waals surface area contributed by atoms with Crippen molar-refractivity contribution in [3.63, 3.8) is 0 Å². The van der Waals surface area contributed by atoms with Crippen LogP contribution in [0, 0.1) is 5.92 Å². The molecule has 2 saturated heterocycles. The van der Waals surface area contributed by atoms with E-state index >= 15 is 0 Å². The maximum Gasteiger partial charge on any atom is 0.290 e. The molecule has 0 radical (unpaired) electrons. The number of hydrogen-bond acceptors (Lipinski definition) is 6. The number of nitrogens with zero attached hydrogens (tertiary/aromatic N) is 2. The predicted molar refractivity (Wildman–Crippen MR) is 144 cm³/mol. The highest BCUT2D eigenvalue weighted by Crippen LogP contribution is 2.33. The lowest BCUT2D eigenvalue weighted by atomic mass is 10.0. The van der Waals surface area contributed by atoms with Crippen molar-refractivity contribution in [1.82, 2.24) is 15.1 Å². The Labute approximate surface area is 229 Å². The first-order valence-electron chi connectivity index (χ1n) is 12.6. The molecule has 3 atom stereocenters. The van der Waals surface area contributed by atoms with E-state index in [-0.39, 0.29) is 41.0 Å². The molecule has 10 heteroatoms. The van der Waals surface area contributed by atoms with Gasteiger partial charge in [0.05, 0.1) is 17.5 Å². The van der Waals surface area contributed by atoms with Crippen molar-refractivity contribution in [2.24, 2.45) is 5.92 Å². The van der Waals surface area contributed by atoms with E-state index in [2.05, 4.69) is 5.32 Å². The van der Waals surface area contributed by atoms with Crippen LogP contribution in [0.4, 0.5) is 0 Å². The summed E-state index contributed by atoms with van der Waals surface area (Å²) in [6, 6.07) is 14.4. The normalized spacial score (nSPS) is 19.6. The number of carbonyl (C=O) groups is 4. The topological polar surface area (TPSA) is 99.9 Å². The van der Waals surface area contributed by atoms with E-state index in [0.29, 0.717) is 24.3 Å². The standard InChI is InChI=1S/C28H28ClN3O5S/c1-16(2)14-18(30-26(34)23-10-9-22(38-23)17-6-4-3-5-7-17)27(35)31-13-12-19-25(31)20(33)15-32(19)28(36)21-8-11-24(29)37-21/h3-11,16,18-19,25H,12-15H2,1-2H3,(H,30,34). The lowest BCUT2D eigenvalue weighted by Crippen LogP contribution is -2.52. The van der Waals surface area contributed by atoms with Crippen molar-refractivity contribution in [3.05, 3.63) is 70.5 Å². The van der Waals surface area contributed by atoms with E-state index in [0.717, 1.165) is 10.4 Å². The monoisotopic (exact) mass is 553 g/mol. The molecule has 3 amide bonds. The number of hydrogen-bond donors (Lipinski definition) is 1. The molecule has 1 N–H and O–H groups in total. The first kappa shape index (κ1) is 26.2. The average Bonchev–Trinajstić information content (AvgIpc) is 3.69. The van der Waals surface area contributed by atoms with Crippen molar-refractivity contribution in [2.45, 2.75) is 44.8 Å². The quantitative estimate of drug-likeness (QED) is 0.464. The van der Waals surface area contributed by atoms with Crippen molar-refractivity contribution < 1.29 is 23.6 Å². The van der Waals surface area contributed by atoms with Crippen molar-refractivity contribution in [1.29, 1.82) is 0 Å². The minimum atomic E-state index is -0.787. The third-order valence-electron chi connectivity index (χ3n) is 6.95. The Morgan fingerprint density at radius 3 is 2.53 bits per heavy atom. The summed E-state index contributed by atoms with van der Waals surface area (Å²) in [5.41, 5.74) is 1.02. The number of ketones is 1. The molecule has 38 heavy (non-hydrogen) atoms. The van der Waals surface area contributed by atoms with Crippen molar-refractivity contribution >= 4 is 46.4 Å². The molecule has 5 rings (SSSR count). The Bertz CT molecular complexity index is 1370. The molecule has 2 aliphatic rings. The van der Waals surface area contributed by atoms with Gasteiger partial charge in [0.2, 0.25) is 5.91 Å². The molecule has 0 spiro atoms. The summed E-state index contributed by atoms with van der Waals surface area (Å²) in [5.74, 6) is -1.06. The molecule has 3 unspecified atom stereocenters. The van der Waals surface area contributed by atoms with Crippen LogP contribution in [0.5, 0.6) is 0 Å². The van der Waals surface area contributed by atoms with Gasteiger partial charge in [-0.05, 0) is 60.2 Å². The van der Waals surface area contributed by atoms with E-state index in [4.69, 9.17) is 16.0 Å². The maximum atomic E-state index is 13.7. The van der Waals surface area contributed by atoms with Gasteiger partial charge in [0, 0.05) is 11.4 Å². The molecule has 2 aliphatic heterocycles. The smallest absolute Gasteiger partial charge is 0.290 e. The summed E-state index contributed by atoms with van der Waals surface area (Å²) in [7, 11) is 0. The Morgan fingerprint density at radius 2 is 1.84 bits per heavy atom. The average molecular weight is 554 g/mol. The maximum absolute atomic E-state index is 13.7. The fourth-order valence-electron chi connectivity index (χ4n) is 5.25. The Balaban J connectivity index is 1.31. The summed E-state index contributed by atoms with van der Waals surface area (Å²) < 4.78 is 5.25. The molecule has 2 aromatic heterocycles. The number of Topliss-reactive ketones (excluding diaryl/α,β-unsaturated/α-hetero) is 1. The van der Waals surface area contributed by atoms with Gasteiger partial charge < -0.3 is 19.5 Å². The van der Waals surface area contributed by atoms with Gasteiger partial charge in [0.1, 0.15) is 12.1 Å². The number of benzene rings is 1. The van der Waals surface area contributed by atoms with Crippen LogP contribution < -0.4 is 5.32 Å². The number of nitrogens with one attached hydrogen (secondary N) is 1. The Morgan fingerprint density at radius 1 is 1.08 bits per heavy atom. The van der Waals surface area contributed by atoms with Crippen LogP contribution in [0.3, 0.4) is 0 Å². The number of likely N-dealkylation sites (tertiary alicyclic amines) is 2. The first-order valence-corrected chi connectivity index (χ1v) is 13.8. The summed E-state index contributed by atoms with van der Waals surface area (Å²) >= 11 is 7.18. The van der Waals surface area contributed by atoms with Gasteiger partial charge in [-0.25, -0.2) is 0 Å². The minimum Gasteiger partial charge on any atom is -0.440 e. The summed E-state index contributed by atoms with van der Waals surface area (Å²) in [6.45, 7) is 4.18. The van der Waals surface area contributed by atoms with Crippen LogP contribution in [0.1, 0.15) is 46.9 Å². The third-order valence-corrected chi connectivity index (χ3v) is 8.29. The second-order valence-corrected chi connectivity index (χ2v) is 11.5. The van der Waals surface area contributed by atoms with E-state index in [1.165, 1.54) is 33.3 Å². The Hall–Kier alpha value is -3.43. The number of furan rings is 1. The van der Waals surface area contributed by atoms with Crippen molar-refractivity contribution in [2.75, 3.05) is 13.1 Å². The second-order valence-electron chi connectivity index (χ2n) is 10.0. The lowest BCUT2D eigenvalue weighted by molar-refractivity contribution is -0.138. The third kappa shape index (κ3) is 5.13. The highest BCUT2D eigenvalue weighted by Gasteiger charge is 2.52. The van der Waals surface area contributed by atoms with Crippen molar-refractivity contribution in [3.8, 4) is 10.4 Å². The number of amides is 3. The number of fused-ring (bicyclic) bond motifs is 1. The fraction of sp³-hybridized carbons (Fsp3) is 0.357. The van der Waals surface area contributed by atoms with Crippen LogP contribution >= 0.6 is 22.9 Å². The zero-order valence-electron chi connectivity index (χ0n) is 21.1. The number of rotatable bonds is 7. The van der Waals surface area contributed by atoms with E-state index in [9.17, 15) is 19.2 Å². The molecule has 8 nitrogen and oxygen atoms in total. The van der Waals surface area contributed by atoms with Crippen LogP contribution in [-0.2, 0) is 9.59 Å². The van der Waals surface area contributed by atoms with Gasteiger partial charge in [-0.1, -0.05) is 44.2 Å². The molecule has 1 aromatic carbocycles. The van der Waals surface area contributed by atoms with Gasteiger partial charge in [0.15, 0.2) is 16.8 Å². The van der Waals surface area contributed by atoms with Crippen LogP contribution in [0.15, 0.2) is 59.0 Å². The number of carbonyl (C=O) groups excluding carboxylic acids is 4. The predicted octanol–water partition coefficient (Wildman–Crippen LogP) is 4.50. The van der Waals surface area contributed by atoms with Crippen LogP contribution in [0.25, 0.3) is 10.4 Å². The molecular weight excluding hydrogens is 526 g/mol. The summed E-state index contributed by atoms with van der Waals surface area (Å²) in [4.78, 5) is 57.4. The van der Waals surface area contributed by atoms with E-state index < -0.39 is 24.0 Å². The summed E-state index contributed by atoms with van der Waals surface area (Å²) in [6.07, 6.45) is 0.896. The zero-order valence-corrected chi connectivity index (χ0v) is 22.6. The molecule has 3 aromatic rings. The molecule has 2 fully saturated rings. The SMILES string of the molecule is CC(C)CC(NC(=O)c1ccc(-c2ccccc2)s1)C(=O)N1CCC2C1C(=O)CN2C(=O)c1ccc(Cl)o1. The van der Waals surface area contributed by atoms with Gasteiger partial charge >= 0.3 is 0 Å². The largest absolute Gasteiger partial charge is 0.440 e. The molecule has 198 valence electrons. The van der Waals surface area contributed by atoms with E-state index in [1.54, 1.807) is 6.07 Å². The molecule has 4 heterocycles. The molecule has 0 aliphatic carbocycles. The van der Waals surface area contributed by atoms with Gasteiger partial charge in [-0.2, -0.15) is 0 Å². The highest BCUT2D eigenvalue weighted by molar-refractivity contribution is 7.17. The van der Waals surface area contributed by atoms with Gasteiger partial charge in [-0.15, -0.1) is 11.3 Å². The van der Waals surface area contributed by atoms with Gasteiger partial charge in [0.25, 0.3) is 11.8 Å². The second kappa shape index (κ2) is 10.7. The fourth-order valence-corrected chi connectivity index (χ4v) is 6.31. The summed E-state index contributed by atoms with van der Waals surface area (Å²) in [5, 5.41) is 3.01. The minimum absolute atomic E-state index is 0.0593. The van der Waals surface area contributed by atoms with E-state index in [1.807, 2.05) is 50.2 Å². The van der Waals surface area contributed by atoms with Crippen LogP contribution in [0.2, 0.25) is 5.22 Å². The van der Waals surface area contributed by atoms with Gasteiger partial charge in [-0.3, -0.25) is 19.2 Å². The highest BCUT2D eigenvalue weighted by atomic mass is 35.5.